The van der Waals surface area contributed by atoms with Gasteiger partial charge in [-0.1, -0.05) is 30.3 Å². The van der Waals surface area contributed by atoms with E-state index in [0.717, 1.165) is 29.7 Å². The van der Waals surface area contributed by atoms with Crippen molar-refractivity contribution in [2.45, 2.75) is 32.4 Å². The van der Waals surface area contributed by atoms with E-state index in [1.165, 1.54) is 12.1 Å². The summed E-state index contributed by atoms with van der Waals surface area (Å²) >= 11 is 0. The molecular weight excluding hydrogens is 329 g/mol. The quantitative estimate of drug-likeness (QED) is 0.702. The average molecular weight is 349 g/mol. The van der Waals surface area contributed by atoms with Crippen molar-refractivity contribution >= 4 is 5.82 Å². The summed E-state index contributed by atoms with van der Waals surface area (Å²) in [5, 5.41) is 0. The minimum absolute atomic E-state index is 0.129. The Hall–Kier alpha value is -2.95. The van der Waals surface area contributed by atoms with Gasteiger partial charge in [0.25, 0.3) is 5.56 Å². The van der Waals surface area contributed by atoms with Crippen LogP contribution in [0.15, 0.2) is 65.7 Å². The van der Waals surface area contributed by atoms with Crippen LogP contribution in [0.4, 0.5) is 10.2 Å². The minimum atomic E-state index is -0.258. The Morgan fingerprint density at radius 2 is 1.88 bits per heavy atom. The summed E-state index contributed by atoms with van der Waals surface area (Å²) in [5.41, 5.74) is 2.73. The lowest BCUT2D eigenvalue weighted by Crippen LogP contribution is -2.34. The van der Waals surface area contributed by atoms with Gasteiger partial charge in [0.05, 0.1) is 5.69 Å². The van der Waals surface area contributed by atoms with Crippen LogP contribution in [0.5, 0.6) is 0 Å². The zero-order chi connectivity index (χ0) is 18.1. The van der Waals surface area contributed by atoms with Crippen LogP contribution in [0.2, 0.25) is 0 Å². The van der Waals surface area contributed by atoms with Gasteiger partial charge in [0, 0.05) is 25.0 Å². The third kappa shape index (κ3) is 3.25. The molecule has 4 rings (SSSR count). The molecule has 0 aliphatic heterocycles. The van der Waals surface area contributed by atoms with Gasteiger partial charge < -0.3 is 4.90 Å². The van der Waals surface area contributed by atoms with Crippen LogP contribution >= 0.6 is 0 Å². The molecule has 0 amide bonds. The van der Waals surface area contributed by atoms with Crippen LogP contribution in [0, 0.1) is 12.7 Å². The van der Waals surface area contributed by atoms with E-state index in [4.69, 9.17) is 0 Å². The van der Waals surface area contributed by atoms with Crippen LogP contribution in [-0.2, 0) is 6.54 Å². The highest BCUT2D eigenvalue weighted by Gasteiger charge is 2.32. The summed E-state index contributed by atoms with van der Waals surface area (Å²) in [7, 11) is 0. The molecule has 1 saturated carbocycles. The molecule has 2 aromatic carbocycles. The van der Waals surface area contributed by atoms with Gasteiger partial charge in [0.15, 0.2) is 5.82 Å². The zero-order valence-electron chi connectivity index (χ0n) is 14.6. The fraction of sp³-hybridized carbons (Fsp3) is 0.238. The molecule has 1 aliphatic carbocycles. The van der Waals surface area contributed by atoms with Crippen LogP contribution in [0.1, 0.15) is 24.0 Å². The molecule has 0 spiro atoms. The molecule has 0 radical (unpaired) electrons. The Bertz CT molecular complexity index is 977. The number of rotatable bonds is 5. The van der Waals surface area contributed by atoms with E-state index in [2.05, 4.69) is 4.98 Å². The highest BCUT2D eigenvalue weighted by molar-refractivity contribution is 5.46. The summed E-state index contributed by atoms with van der Waals surface area (Å²) < 4.78 is 14.8. The number of benzene rings is 2. The van der Waals surface area contributed by atoms with Gasteiger partial charge in [-0.2, -0.15) is 0 Å². The molecular formula is C21H20FN3O. The van der Waals surface area contributed by atoms with Gasteiger partial charge >= 0.3 is 0 Å². The predicted molar refractivity (Wildman–Crippen MR) is 100 cm³/mol. The van der Waals surface area contributed by atoms with Gasteiger partial charge in [-0.05, 0) is 49.1 Å². The van der Waals surface area contributed by atoms with Crippen molar-refractivity contribution in [2.24, 2.45) is 0 Å². The summed E-state index contributed by atoms with van der Waals surface area (Å²) in [6, 6.07) is 14.5. The van der Waals surface area contributed by atoms with E-state index in [1.54, 1.807) is 29.1 Å². The van der Waals surface area contributed by atoms with Crippen molar-refractivity contribution in [3.8, 4) is 5.69 Å². The topological polar surface area (TPSA) is 38.1 Å². The first-order chi connectivity index (χ1) is 12.6. The van der Waals surface area contributed by atoms with Crippen molar-refractivity contribution in [1.29, 1.82) is 0 Å². The number of aryl methyl sites for hydroxylation is 1. The third-order valence-corrected chi connectivity index (χ3v) is 4.72. The van der Waals surface area contributed by atoms with E-state index in [0.29, 0.717) is 18.4 Å². The number of para-hydroxylation sites is 1. The highest BCUT2D eigenvalue weighted by atomic mass is 19.1. The van der Waals surface area contributed by atoms with E-state index in [9.17, 15) is 9.18 Å². The van der Waals surface area contributed by atoms with Gasteiger partial charge in [0.2, 0.25) is 0 Å². The van der Waals surface area contributed by atoms with Crippen LogP contribution in [0.3, 0.4) is 0 Å². The summed E-state index contributed by atoms with van der Waals surface area (Å²) in [6.45, 7) is 2.53. The number of hydrogen-bond donors (Lipinski definition) is 0. The molecule has 0 bridgehead atoms. The Kier molecular flexibility index (Phi) is 4.29. The second kappa shape index (κ2) is 6.75. The fourth-order valence-corrected chi connectivity index (χ4v) is 3.17. The van der Waals surface area contributed by atoms with E-state index < -0.39 is 0 Å². The number of aromatic nitrogens is 2. The maximum absolute atomic E-state index is 13.2. The SMILES string of the molecule is Cc1ccccc1-n1ccnc(N(Cc2ccc(F)cc2)C2CC2)c1=O. The van der Waals surface area contributed by atoms with Gasteiger partial charge in [-0.3, -0.25) is 9.36 Å². The molecule has 1 heterocycles. The average Bonchev–Trinajstić information content (AvgIpc) is 3.48. The zero-order valence-corrected chi connectivity index (χ0v) is 14.6. The first-order valence-corrected chi connectivity index (χ1v) is 8.78. The van der Waals surface area contributed by atoms with Crippen molar-refractivity contribution in [1.82, 2.24) is 9.55 Å². The van der Waals surface area contributed by atoms with Crippen molar-refractivity contribution in [3.63, 3.8) is 0 Å². The summed E-state index contributed by atoms with van der Waals surface area (Å²) in [5.74, 6) is 0.189. The molecule has 132 valence electrons. The maximum atomic E-state index is 13.2. The fourth-order valence-electron chi connectivity index (χ4n) is 3.17. The summed E-state index contributed by atoms with van der Waals surface area (Å²) in [6.07, 6.45) is 5.46. The molecule has 3 aromatic rings. The first-order valence-electron chi connectivity index (χ1n) is 8.78. The third-order valence-electron chi connectivity index (χ3n) is 4.72. The minimum Gasteiger partial charge on any atom is -0.345 e. The normalized spacial score (nSPS) is 13.6. The molecule has 1 fully saturated rings. The number of hydrogen-bond acceptors (Lipinski definition) is 3. The van der Waals surface area contributed by atoms with Gasteiger partial charge in [-0.25, -0.2) is 9.37 Å². The second-order valence-corrected chi connectivity index (χ2v) is 6.70. The first kappa shape index (κ1) is 16.5. The molecule has 0 saturated heterocycles. The Morgan fingerprint density at radius 1 is 1.15 bits per heavy atom. The van der Waals surface area contributed by atoms with Crippen molar-refractivity contribution in [2.75, 3.05) is 4.90 Å². The highest BCUT2D eigenvalue weighted by Crippen LogP contribution is 2.30. The van der Waals surface area contributed by atoms with Crippen molar-refractivity contribution < 1.29 is 4.39 Å². The van der Waals surface area contributed by atoms with Crippen molar-refractivity contribution in [3.05, 3.63) is 88.2 Å². The van der Waals surface area contributed by atoms with Crippen LogP contribution < -0.4 is 10.5 Å². The monoisotopic (exact) mass is 349 g/mol. The molecule has 0 unspecified atom stereocenters. The number of anilines is 1. The lowest BCUT2D eigenvalue weighted by Gasteiger charge is -2.23. The molecule has 4 nitrogen and oxygen atoms in total. The molecule has 26 heavy (non-hydrogen) atoms. The molecule has 0 atom stereocenters. The lowest BCUT2D eigenvalue weighted by molar-refractivity contribution is 0.626. The van der Waals surface area contributed by atoms with Crippen LogP contribution in [-0.4, -0.2) is 15.6 Å². The predicted octanol–water partition coefficient (Wildman–Crippen LogP) is 3.85. The number of halogens is 1. The van der Waals surface area contributed by atoms with Crippen LogP contribution in [0.25, 0.3) is 5.69 Å². The van der Waals surface area contributed by atoms with Gasteiger partial charge in [0.1, 0.15) is 5.82 Å². The Labute approximate surface area is 151 Å². The molecule has 1 aromatic heterocycles. The molecule has 5 heteroatoms. The largest absolute Gasteiger partial charge is 0.345 e. The standard InChI is InChI=1S/C21H20FN3O/c1-15-4-2-3-5-19(15)24-13-12-23-20(21(24)26)25(18-10-11-18)14-16-6-8-17(22)9-7-16/h2-9,12-13,18H,10-11,14H2,1H3. The van der Waals surface area contributed by atoms with E-state index in [1.807, 2.05) is 36.1 Å². The number of nitrogens with zero attached hydrogens (tertiary/aromatic N) is 3. The molecule has 1 aliphatic rings. The second-order valence-electron chi connectivity index (χ2n) is 6.70. The molecule has 0 N–H and O–H groups in total. The van der Waals surface area contributed by atoms with E-state index in [-0.39, 0.29) is 11.4 Å². The lowest BCUT2D eigenvalue weighted by atomic mass is 10.2. The van der Waals surface area contributed by atoms with Gasteiger partial charge in [-0.15, -0.1) is 0 Å². The maximum Gasteiger partial charge on any atom is 0.298 e. The summed E-state index contributed by atoms with van der Waals surface area (Å²) in [4.78, 5) is 19.6. The van der Waals surface area contributed by atoms with E-state index >= 15 is 0 Å². The Morgan fingerprint density at radius 3 is 2.58 bits per heavy atom. The smallest absolute Gasteiger partial charge is 0.298 e. The Balaban J connectivity index is 1.73.